The third-order valence-electron chi connectivity index (χ3n) is 4.31. The van der Waals surface area contributed by atoms with Gasteiger partial charge in [-0.2, -0.15) is 0 Å². The zero-order valence-electron chi connectivity index (χ0n) is 13.7. The van der Waals surface area contributed by atoms with Gasteiger partial charge in [-0.25, -0.2) is 8.78 Å². The van der Waals surface area contributed by atoms with E-state index < -0.39 is 40.6 Å². The Hall–Kier alpha value is -3.28. The number of benzene rings is 3. The van der Waals surface area contributed by atoms with Crippen LogP contribution < -0.4 is 0 Å². The third-order valence-corrected chi connectivity index (χ3v) is 4.31. The average Bonchev–Trinajstić information content (AvgIpc) is 2.58. The highest BCUT2D eigenvalue weighted by Gasteiger charge is 2.27. The average molecular weight is 358 g/mol. The highest BCUT2D eigenvalue weighted by Crippen LogP contribution is 2.44. The Kier molecular flexibility index (Phi) is 4.42. The molecule has 0 aliphatic heterocycles. The molecule has 3 aromatic carbocycles. The minimum absolute atomic E-state index is 0.0370. The van der Waals surface area contributed by atoms with E-state index in [1.807, 2.05) is 0 Å². The van der Waals surface area contributed by atoms with E-state index in [0.29, 0.717) is 5.56 Å². The smallest absolute Gasteiger partial charge is 0.165 e. The Morgan fingerprint density at radius 2 is 1.12 bits per heavy atom. The number of hydrogen-bond acceptors (Lipinski definition) is 4. The van der Waals surface area contributed by atoms with Crippen LogP contribution in [0.25, 0.3) is 0 Å². The van der Waals surface area contributed by atoms with E-state index in [1.165, 1.54) is 0 Å². The second kappa shape index (κ2) is 6.55. The van der Waals surface area contributed by atoms with E-state index in [2.05, 4.69) is 0 Å². The van der Waals surface area contributed by atoms with Gasteiger partial charge in [-0.3, -0.25) is 0 Å². The molecule has 0 saturated carbocycles. The fourth-order valence-corrected chi connectivity index (χ4v) is 3.01. The molecule has 6 heteroatoms. The molecule has 3 aromatic rings. The van der Waals surface area contributed by atoms with Gasteiger partial charge in [-0.1, -0.05) is 24.3 Å². The topological polar surface area (TPSA) is 80.9 Å². The second-order valence-corrected chi connectivity index (χ2v) is 6.01. The molecule has 4 nitrogen and oxygen atoms in total. The van der Waals surface area contributed by atoms with Gasteiger partial charge in [0, 0.05) is 29.2 Å². The fourth-order valence-electron chi connectivity index (χ4n) is 3.01. The number of phenols is 4. The van der Waals surface area contributed by atoms with Crippen LogP contribution in [0.15, 0.2) is 48.5 Å². The van der Waals surface area contributed by atoms with Crippen molar-refractivity contribution in [1.29, 1.82) is 0 Å². The number of phenolic OH excluding ortho intramolecular Hbond substituents is 4. The summed E-state index contributed by atoms with van der Waals surface area (Å²) in [7, 11) is 0. The summed E-state index contributed by atoms with van der Waals surface area (Å²) in [5, 5.41) is 39.4. The summed E-state index contributed by atoms with van der Waals surface area (Å²) in [5.41, 5.74) is 1.43. The first-order valence-corrected chi connectivity index (χ1v) is 7.78. The van der Waals surface area contributed by atoms with Crippen molar-refractivity contribution in [3.63, 3.8) is 0 Å². The molecule has 0 bridgehead atoms. The molecule has 0 radical (unpaired) electrons. The molecule has 134 valence electrons. The summed E-state index contributed by atoms with van der Waals surface area (Å²) >= 11 is 0. The lowest BCUT2D eigenvalue weighted by Gasteiger charge is -2.23. The lowest BCUT2D eigenvalue weighted by molar-refractivity contribution is 0.411. The van der Waals surface area contributed by atoms with E-state index in [0.717, 1.165) is 29.8 Å². The molecule has 0 aliphatic rings. The minimum Gasteiger partial charge on any atom is -0.507 e. The van der Waals surface area contributed by atoms with E-state index in [9.17, 15) is 29.2 Å². The van der Waals surface area contributed by atoms with Crippen molar-refractivity contribution >= 4 is 0 Å². The lowest BCUT2D eigenvalue weighted by Crippen LogP contribution is -2.07. The summed E-state index contributed by atoms with van der Waals surface area (Å²) < 4.78 is 27.9. The molecule has 0 saturated heterocycles. The Balaban J connectivity index is 2.34. The first-order chi connectivity index (χ1) is 12.3. The molecule has 0 unspecified atom stereocenters. The van der Waals surface area contributed by atoms with Gasteiger partial charge in [-0.15, -0.1) is 0 Å². The van der Waals surface area contributed by atoms with Crippen LogP contribution in [-0.2, 0) is 0 Å². The molecule has 0 aromatic heterocycles. The quantitative estimate of drug-likeness (QED) is 0.527. The van der Waals surface area contributed by atoms with E-state index in [1.54, 1.807) is 31.2 Å². The lowest BCUT2D eigenvalue weighted by atomic mass is 9.82. The van der Waals surface area contributed by atoms with Crippen LogP contribution in [0.4, 0.5) is 8.78 Å². The first-order valence-electron chi connectivity index (χ1n) is 7.78. The maximum atomic E-state index is 14.0. The molecular weight excluding hydrogens is 342 g/mol. The molecule has 0 atom stereocenters. The Labute approximate surface area is 148 Å². The van der Waals surface area contributed by atoms with Gasteiger partial charge >= 0.3 is 0 Å². The molecule has 0 spiro atoms. The molecule has 0 heterocycles. The zero-order chi connectivity index (χ0) is 19.0. The second-order valence-electron chi connectivity index (χ2n) is 6.01. The van der Waals surface area contributed by atoms with Crippen molar-refractivity contribution in [2.45, 2.75) is 12.8 Å². The molecule has 26 heavy (non-hydrogen) atoms. The summed E-state index contributed by atoms with van der Waals surface area (Å²) in [6, 6.07) is 10.6. The van der Waals surface area contributed by atoms with E-state index in [-0.39, 0.29) is 11.1 Å². The largest absolute Gasteiger partial charge is 0.507 e. The monoisotopic (exact) mass is 358 g/mol. The summed E-state index contributed by atoms with van der Waals surface area (Å²) in [6.45, 7) is 1.78. The number of aryl methyl sites for hydroxylation is 1. The fraction of sp³-hybridized carbons (Fsp3) is 0.100. The Morgan fingerprint density at radius 1 is 0.654 bits per heavy atom. The normalized spacial score (nSPS) is 11.1. The van der Waals surface area contributed by atoms with Crippen molar-refractivity contribution in [3.05, 3.63) is 82.4 Å². The molecule has 4 N–H and O–H groups in total. The van der Waals surface area contributed by atoms with Crippen LogP contribution in [0, 0.1) is 18.6 Å². The van der Waals surface area contributed by atoms with Crippen molar-refractivity contribution < 1.29 is 29.2 Å². The third kappa shape index (κ3) is 3.01. The van der Waals surface area contributed by atoms with Crippen LogP contribution in [0.5, 0.6) is 23.0 Å². The van der Waals surface area contributed by atoms with Crippen molar-refractivity contribution in [2.24, 2.45) is 0 Å². The summed E-state index contributed by atoms with van der Waals surface area (Å²) in [6.07, 6.45) is 0. The number of rotatable bonds is 3. The van der Waals surface area contributed by atoms with Crippen molar-refractivity contribution in [3.8, 4) is 23.0 Å². The number of aromatic hydroxyl groups is 4. The van der Waals surface area contributed by atoms with Gasteiger partial charge in [-0.05, 0) is 30.2 Å². The predicted octanol–water partition coefficient (Wildman–Crippen LogP) is 4.28. The van der Waals surface area contributed by atoms with Crippen LogP contribution in [0.2, 0.25) is 0 Å². The molecule has 0 aliphatic carbocycles. The van der Waals surface area contributed by atoms with Gasteiger partial charge in [0.25, 0.3) is 0 Å². The van der Waals surface area contributed by atoms with Gasteiger partial charge in [0.2, 0.25) is 0 Å². The number of hydrogen-bond donors (Lipinski definition) is 4. The van der Waals surface area contributed by atoms with Gasteiger partial charge in [0.15, 0.2) is 23.1 Å². The minimum atomic E-state index is -0.963. The van der Waals surface area contributed by atoms with Crippen LogP contribution in [0.3, 0.4) is 0 Å². The summed E-state index contributed by atoms with van der Waals surface area (Å²) in [4.78, 5) is 0. The van der Waals surface area contributed by atoms with E-state index >= 15 is 0 Å². The van der Waals surface area contributed by atoms with Crippen LogP contribution in [-0.4, -0.2) is 20.4 Å². The Morgan fingerprint density at radius 3 is 1.58 bits per heavy atom. The zero-order valence-corrected chi connectivity index (χ0v) is 13.7. The Bertz CT molecular complexity index is 928. The predicted molar refractivity (Wildman–Crippen MR) is 91.6 cm³/mol. The van der Waals surface area contributed by atoms with Gasteiger partial charge in [0.1, 0.15) is 11.5 Å². The van der Waals surface area contributed by atoms with Crippen LogP contribution >= 0.6 is 0 Å². The maximum absolute atomic E-state index is 14.0. The maximum Gasteiger partial charge on any atom is 0.165 e. The van der Waals surface area contributed by atoms with Gasteiger partial charge < -0.3 is 20.4 Å². The highest BCUT2D eigenvalue weighted by molar-refractivity contribution is 5.56. The molecular formula is C20H16F2O4. The molecule has 3 rings (SSSR count). The van der Waals surface area contributed by atoms with Gasteiger partial charge in [0.05, 0.1) is 0 Å². The SMILES string of the molecule is Cc1ccccc1C(c1cc(F)c(O)cc1O)c1cc(F)c(O)cc1O. The van der Waals surface area contributed by atoms with Crippen LogP contribution in [0.1, 0.15) is 28.2 Å². The van der Waals surface area contributed by atoms with Crippen molar-refractivity contribution in [2.75, 3.05) is 0 Å². The molecule has 0 amide bonds. The highest BCUT2D eigenvalue weighted by atomic mass is 19.1. The van der Waals surface area contributed by atoms with E-state index in [4.69, 9.17) is 0 Å². The molecule has 0 fully saturated rings. The summed E-state index contributed by atoms with van der Waals surface area (Å²) in [5.74, 6) is -5.13. The van der Waals surface area contributed by atoms with Crippen molar-refractivity contribution in [1.82, 2.24) is 0 Å². The number of halogens is 2. The standard InChI is InChI=1S/C20H16F2O4/c1-10-4-2-3-5-11(10)20(12-6-14(21)18(25)8-16(12)23)13-7-15(22)19(26)9-17(13)24/h2-9,20,23-26H,1H3. The first kappa shape index (κ1) is 17.5.